The molecular formula is C6H2BF4N2-. The Kier molecular flexibility index (Phi) is 2.23. The first-order valence-corrected chi connectivity index (χ1v) is 3.20. The van der Waals surface area contributed by atoms with E-state index in [-0.39, 0.29) is 0 Å². The van der Waals surface area contributed by atoms with Crippen LogP contribution in [-0.2, 0) is 0 Å². The van der Waals surface area contributed by atoms with Crippen LogP contribution in [-0.4, -0.2) is 12.0 Å². The van der Waals surface area contributed by atoms with Gasteiger partial charge in [-0.3, -0.25) is 0 Å². The van der Waals surface area contributed by atoms with E-state index in [1.54, 1.807) is 0 Å². The Morgan fingerprint density at radius 2 is 2.00 bits per heavy atom. The van der Waals surface area contributed by atoms with Crippen LogP contribution in [0.1, 0.15) is 5.69 Å². The summed E-state index contributed by atoms with van der Waals surface area (Å²) in [4.78, 5) is 3.14. The molecule has 1 aromatic rings. The third-order valence-electron chi connectivity index (χ3n) is 1.35. The number of hydrogen-bond acceptors (Lipinski definition) is 2. The van der Waals surface area contributed by atoms with Crippen molar-refractivity contribution >= 4 is 12.4 Å². The largest absolute Gasteiger partial charge is 0.512 e. The highest BCUT2D eigenvalue weighted by atomic mass is 19.4. The number of pyridine rings is 1. The van der Waals surface area contributed by atoms with Gasteiger partial charge in [-0.2, -0.15) is 5.26 Å². The van der Waals surface area contributed by atoms with Gasteiger partial charge in [0.1, 0.15) is 17.6 Å². The number of nitriles is 1. The molecule has 0 bridgehead atoms. The van der Waals surface area contributed by atoms with Crippen LogP contribution in [0.4, 0.5) is 17.3 Å². The van der Waals surface area contributed by atoms with Gasteiger partial charge in [0.05, 0.1) is 6.20 Å². The lowest BCUT2D eigenvalue weighted by Crippen LogP contribution is -2.37. The fourth-order valence-electron chi connectivity index (χ4n) is 0.766. The Balaban J connectivity index is 3.29. The average Bonchev–Trinajstić information content (AvgIpc) is 2.03. The van der Waals surface area contributed by atoms with Crippen LogP contribution in [0.15, 0.2) is 12.3 Å². The number of halogens is 4. The maximum absolute atomic E-state index is 12.5. The standard InChI is InChI=1S/C6H2BF4N2/c8-6-3-13-4(2-12)1-5(6)7(9,10)11/h1,3H/q-1. The molecule has 68 valence electrons. The molecule has 0 atom stereocenters. The molecule has 0 N–H and O–H groups in total. The molecule has 0 fully saturated rings. The maximum atomic E-state index is 12.5. The number of nitrogens with zero attached hydrogens (tertiary/aromatic N) is 2. The second-order valence-electron chi connectivity index (χ2n) is 2.28. The van der Waals surface area contributed by atoms with E-state index in [1.165, 1.54) is 6.07 Å². The van der Waals surface area contributed by atoms with Crippen LogP contribution in [0, 0.1) is 17.1 Å². The number of hydrogen-bond donors (Lipinski definition) is 0. The van der Waals surface area contributed by atoms with Crippen molar-refractivity contribution in [2.24, 2.45) is 0 Å². The van der Waals surface area contributed by atoms with E-state index in [9.17, 15) is 17.3 Å². The molecule has 2 nitrogen and oxygen atoms in total. The zero-order valence-electron chi connectivity index (χ0n) is 6.14. The molecule has 1 aromatic heterocycles. The highest BCUT2D eigenvalue weighted by Gasteiger charge is 2.29. The predicted octanol–water partition coefficient (Wildman–Crippen LogP) is 1.15. The Morgan fingerprint density at radius 1 is 1.38 bits per heavy atom. The normalized spacial score (nSPS) is 11.0. The van der Waals surface area contributed by atoms with Crippen molar-refractivity contribution in [2.45, 2.75) is 0 Å². The van der Waals surface area contributed by atoms with Crippen LogP contribution < -0.4 is 5.46 Å². The van der Waals surface area contributed by atoms with Crippen LogP contribution in [0.5, 0.6) is 0 Å². The Morgan fingerprint density at radius 3 is 2.46 bits per heavy atom. The summed E-state index contributed by atoms with van der Waals surface area (Å²) in [5, 5.41) is 8.22. The fraction of sp³-hybridized carbons (Fsp3) is 0. The first-order chi connectivity index (χ1) is 5.95. The molecule has 1 heterocycles. The van der Waals surface area contributed by atoms with Gasteiger partial charge in [-0.15, -0.1) is 0 Å². The van der Waals surface area contributed by atoms with Crippen LogP contribution in [0.3, 0.4) is 0 Å². The van der Waals surface area contributed by atoms with Crippen molar-refractivity contribution in [2.75, 3.05) is 0 Å². The van der Waals surface area contributed by atoms with Crippen LogP contribution >= 0.6 is 0 Å². The van der Waals surface area contributed by atoms with E-state index in [2.05, 4.69) is 4.98 Å². The Bertz CT molecular complexity index is 368. The molecule has 0 aliphatic carbocycles. The summed E-state index contributed by atoms with van der Waals surface area (Å²) < 4.78 is 48.7. The minimum Gasteiger partial charge on any atom is -0.445 e. The third-order valence-corrected chi connectivity index (χ3v) is 1.35. The SMILES string of the molecule is N#Cc1cc([B-](F)(F)F)c(F)cn1. The van der Waals surface area contributed by atoms with Gasteiger partial charge in [0.2, 0.25) is 0 Å². The second kappa shape index (κ2) is 3.05. The Labute approximate surface area is 70.9 Å². The van der Waals surface area contributed by atoms with Crippen molar-refractivity contribution in [1.82, 2.24) is 4.98 Å². The summed E-state index contributed by atoms with van der Waals surface area (Å²) in [5.41, 5.74) is -1.86. The van der Waals surface area contributed by atoms with Crippen molar-refractivity contribution < 1.29 is 17.3 Å². The number of rotatable bonds is 1. The van der Waals surface area contributed by atoms with Gasteiger partial charge in [-0.1, -0.05) is 5.46 Å². The molecule has 0 aliphatic heterocycles. The average molecular weight is 189 g/mol. The summed E-state index contributed by atoms with van der Waals surface area (Å²) in [6, 6.07) is 1.80. The fourth-order valence-corrected chi connectivity index (χ4v) is 0.766. The highest BCUT2D eigenvalue weighted by Crippen LogP contribution is 2.11. The van der Waals surface area contributed by atoms with Gasteiger partial charge in [0, 0.05) is 0 Å². The van der Waals surface area contributed by atoms with Crippen molar-refractivity contribution in [3.8, 4) is 6.07 Å². The molecule has 7 heteroatoms. The second-order valence-corrected chi connectivity index (χ2v) is 2.28. The number of aromatic nitrogens is 1. The lowest BCUT2D eigenvalue weighted by Gasteiger charge is -2.14. The van der Waals surface area contributed by atoms with Gasteiger partial charge < -0.3 is 12.9 Å². The topological polar surface area (TPSA) is 36.7 Å². The first-order valence-electron chi connectivity index (χ1n) is 3.20. The summed E-state index contributed by atoms with van der Waals surface area (Å²) in [6.45, 7) is -5.42. The Hall–Kier alpha value is -1.58. The van der Waals surface area contributed by atoms with Crippen LogP contribution in [0.2, 0.25) is 0 Å². The molecule has 0 aromatic carbocycles. The molecule has 0 saturated carbocycles. The zero-order valence-corrected chi connectivity index (χ0v) is 6.14. The minimum absolute atomic E-state index is 0.392. The summed E-state index contributed by atoms with van der Waals surface area (Å²) in [6.07, 6.45) is 0.392. The molecular weight excluding hydrogens is 187 g/mol. The smallest absolute Gasteiger partial charge is 0.445 e. The zero-order chi connectivity index (χ0) is 10.1. The maximum Gasteiger partial charge on any atom is 0.512 e. The summed E-state index contributed by atoms with van der Waals surface area (Å²) in [7, 11) is 0. The highest BCUT2D eigenvalue weighted by molar-refractivity contribution is 6.73. The van der Waals surface area contributed by atoms with Crippen molar-refractivity contribution in [3.63, 3.8) is 0 Å². The van der Waals surface area contributed by atoms with Crippen molar-refractivity contribution in [1.29, 1.82) is 5.26 Å². The lowest BCUT2D eigenvalue weighted by atomic mass is 9.80. The molecule has 1 rings (SSSR count). The van der Waals surface area contributed by atoms with Gasteiger partial charge in [-0.05, 0) is 6.07 Å². The predicted molar refractivity (Wildman–Crippen MR) is 37.6 cm³/mol. The quantitative estimate of drug-likeness (QED) is 0.490. The minimum atomic E-state index is -5.42. The van der Waals surface area contributed by atoms with E-state index in [1.807, 2.05) is 0 Å². The van der Waals surface area contributed by atoms with Crippen LogP contribution in [0.25, 0.3) is 0 Å². The van der Waals surface area contributed by atoms with E-state index < -0.39 is 24.0 Å². The summed E-state index contributed by atoms with van der Waals surface area (Å²) >= 11 is 0. The third kappa shape index (κ3) is 1.96. The van der Waals surface area contributed by atoms with E-state index in [0.29, 0.717) is 12.3 Å². The van der Waals surface area contributed by atoms with E-state index >= 15 is 0 Å². The lowest BCUT2D eigenvalue weighted by molar-refractivity contribution is 0.493. The van der Waals surface area contributed by atoms with E-state index in [4.69, 9.17) is 5.26 Å². The monoisotopic (exact) mass is 189 g/mol. The first kappa shape index (κ1) is 9.51. The molecule has 0 amide bonds. The molecule has 0 spiro atoms. The van der Waals surface area contributed by atoms with Gasteiger partial charge >= 0.3 is 6.98 Å². The van der Waals surface area contributed by atoms with Crippen molar-refractivity contribution in [3.05, 3.63) is 23.8 Å². The molecule has 0 unspecified atom stereocenters. The van der Waals surface area contributed by atoms with E-state index in [0.717, 1.165) is 0 Å². The molecule has 0 aliphatic rings. The van der Waals surface area contributed by atoms with Gasteiger partial charge in [-0.25, -0.2) is 9.37 Å². The molecule has 0 radical (unpaired) electrons. The van der Waals surface area contributed by atoms with Gasteiger partial charge in [0.25, 0.3) is 0 Å². The molecule has 0 saturated heterocycles. The molecule has 13 heavy (non-hydrogen) atoms. The van der Waals surface area contributed by atoms with Gasteiger partial charge in [0.15, 0.2) is 0 Å². The summed E-state index contributed by atoms with van der Waals surface area (Å²) in [5.74, 6) is -1.45.